The molecule has 1 atom stereocenters. The number of rotatable bonds is 1. The topological polar surface area (TPSA) is 0 Å². The zero-order chi connectivity index (χ0) is 6.69. The van der Waals surface area contributed by atoms with Crippen LogP contribution in [0.2, 0.25) is 0 Å². The number of hydrogen-bond acceptors (Lipinski definition) is 0. The van der Waals surface area contributed by atoms with E-state index in [0.717, 1.165) is 5.92 Å². The molecule has 0 radical (unpaired) electrons. The molecule has 0 heterocycles. The molecule has 0 saturated carbocycles. The molecule has 0 heteroatoms. The second-order valence-electron chi connectivity index (χ2n) is 2.83. The lowest BCUT2D eigenvalue weighted by Gasteiger charge is -2.16. The van der Waals surface area contributed by atoms with Gasteiger partial charge in [-0.1, -0.05) is 17.7 Å². The van der Waals surface area contributed by atoms with Crippen molar-refractivity contribution < 1.29 is 0 Å². The third-order valence-corrected chi connectivity index (χ3v) is 1.95. The lowest BCUT2D eigenvalue weighted by Crippen LogP contribution is -2.00. The highest BCUT2D eigenvalue weighted by molar-refractivity contribution is 5.06. The van der Waals surface area contributed by atoms with Crippen LogP contribution in [0.25, 0.3) is 0 Å². The second-order valence-corrected chi connectivity index (χ2v) is 2.83. The first-order valence-corrected chi connectivity index (χ1v) is 3.61. The quantitative estimate of drug-likeness (QED) is 0.469. The van der Waals surface area contributed by atoms with Crippen molar-refractivity contribution in [3.63, 3.8) is 0 Å². The van der Waals surface area contributed by atoms with Crippen LogP contribution in [-0.4, -0.2) is 0 Å². The van der Waals surface area contributed by atoms with Gasteiger partial charge < -0.3 is 0 Å². The summed E-state index contributed by atoms with van der Waals surface area (Å²) < 4.78 is 0. The molecule has 0 N–H and O–H groups in total. The van der Waals surface area contributed by atoms with Gasteiger partial charge in [-0.3, -0.25) is 0 Å². The first-order chi connectivity index (χ1) is 4.33. The molecule has 0 nitrogen and oxygen atoms in total. The van der Waals surface area contributed by atoms with Gasteiger partial charge >= 0.3 is 0 Å². The van der Waals surface area contributed by atoms with Crippen molar-refractivity contribution in [2.45, 2.75) is 26.2 Å². The lowest BCUT2D eigenvalue weighted by molar-refractivity contribution is 0.565. The third kappa shape index (κ3) is 1.70. The van der Waals surface area contributed by atoms with Gasteiger partial charge in [0.05, 0.1) is 0 Å². The van der Waals surface area contributed by atoms with Crippen molar-refractivity contribution in [2.24, 2.45) is 5.92 Å². The fourth-order valence-electron chi connectivity index (χ4n) is 1.34. The van der Waals surface area contributed by atoms with Gasteiger partial charge in [0.25, 0.3) is 0 Å². The second kappa shape index (κ2) is 2.86. The van der Waals surface area contributed by atoms with Crippen LogP contribution < -0.4 is 0 Å². The van der Waals surface area contributed by atoms with E-state index in [1.165, 1.54) is 24.8 Å². The van der Waals surface area contributed by atoms with E-state index < -0.39 is 0 Å². The summed E-state index contributed by atoms with van der Waals surface area (Å²) in [5, 5.41) is 0. The molecule has 0 saturated heterocycles. The molecular weight excluding hydrogens is 108 g/mol. The van der Waals surface area contributed by atoms with Gasteiger partial charge in [0, 0.05) is 0 Å². The molecule has 0 bridgehead atoms. The van der Waals surface area contributed by atoms with E-state index in [9.17, 15) is 0 Å². The maximum absolute atomic E-state index is 3.79. The minimum Gasteiger partial charge on any atom is -0.103 e. The van der Waals surface area contributed by atoms with Crippen molar-refractivity contribution in [3.05, 3.63) is 24.3 Å². The first kappa shape index (κ1) is 6.60. The monoisotopic (exact) mass is 122 g/mol. The van der Waals surface area contributed by atoms with Crippen LogP contribution in [0.5, 0.6) is 0 Å². The summed E-state index contributed by atoms with van der Waals surface area (Å²) >= 11 is 0. The Bertz CT molecular complexity index is 131. The van der Waals surface area contributed by atoms with E-state index in [1.807, 2.05) is 0 Å². The molecule has 0 aliphatic heterocycles. The minimum absolute atomic E-state index is 0.759. The van der Waals surface area contributed by atoms with Gasteiger partial charge in [0.1, 0.15) is 0 Å². The summed E-state index contributed by atoms with van der Waals surface area (Å²) in [6, 6.07) is 0. The summed E-state index contributed by atoms with van der Waals surface area (Å²) in [4.78, 5) is 0. The van der Waals surface area contributed by atoms with Crippen LogP contribution in [-0.2, 0) is 0 Å². The number of hydrogen-bond donors (Lipinski definition) is 0. The van der Waals surface area contributed by atoms with Crippen LogP contribution in [0.4, 0.5) is 0 Å². The van der Waals surface area contributed by atoms with Gasteiger partial charge in [-0.25, -0.2) is 0 Å². The van der Waals surface area contributed by atoms with E-state index in [0.29, 0.717) is 0 Å². The molecule has 0 fully saturated rings. The molecule has 0 spiro atoms. The zero-order valence-corrected chi connectivity index (χ0v) is 6.06. The smallest absolute Gasteiger partial charge is 0.0196 e. The molecule has 9 heavy (non-hydrogen) atoms. The Morgan fingerprint density at radius 2 is 2.56 bits per heavy atom. The van der Waals surface area contributed by atoms with Gasteiger partial charge in [-0.05, 0) is 32.1 Å². The van der Waals surface area contributed by atoms with E-state index in [1.54, 1.807) is 0 Å². The van der Waals surface area contributed by atoms with Gasteiger partial charge in [0.2, 0.25) is 0 Å². The highest BCUT2D eigenvalue weighted by Gasteiger charge is 2.07. The predicted octanol–water partition coefficient (Wildman–Crippen LogP) is 2.92. The molecule has 0 amide bonds. The SMILES string of the molecule is C=CC1CCC=C(C)C1. The Kier molecular flexibility index (Phi) is 2.10. The molecule has 1 aliphatic carbocycles. The summed E-state index contributed by atoms with van der Waals surface area (Å²) in [6.45, 7) is 6.00. The highest BCUT2D eigenvalue weighted by atomic mass is 14.1. The molecule has 0 aromatic carbocycles. The standard InChI is InChI=1S/C9H14/c1-3-9-6-4-5-8(2)7-9/h3,5,9H,1,4,6-7H2,2H3. The molecule has 50 valence electrons. The molecule has 1 rings (SSSR count). The Labute approximate surface area is 57.3 Å². The maximum atomic E-state index is 3.79. The minimum atomic E-state index is 0.759. The van der Waals surface area contributed by atoms with E-state index >= 15 is 0 Å². The average Bonchev–Trinajstić information content (AvgIpc) is 1.88. The van der Waals surface area contributed by atoms with Gasteiger partial charge in [-0.15, -0.1) is 6.58 Å². The fourth-order valence-corrected chi connectivity index (χ4v) is 1.34. The summed E-state index contributed by atoms with van der Waals surface area (Å²) in [7, 11) is 0. The predicted molar refractivity (Wildman–Crippen MR) is 41.3 cm³/mol. The molecule has 0 aromatic heterocycles. The van der Waals surface area contributed by atoms with Crippen molar-refractivity contribution in [1.82, 2.24) is 0 Å². The summed E-state index contributed by atoms with van der Waals surface area (Å²) in [6.07, 6.45) is 8.21. The van der Waals surface area contributed by atoms with Crippen molar-refractivity contribution >= 4 is 0 Å². The summed E-state index contributed by atoms with van der Waals surface area (Å²) in [5.41, 5.74) is 1.53. The zero-order valence-electron chi connectivity index (χ0n) is 6.06. The maximum Gasteiger partial charge on any atom is -0.0196 e. The largest absolute Gasteiger partial charge is 0.103 e. The van der Waals surface area contributed by atoms with Gasteiger partial charge in [0.15, 0.2) is 0 Å². The van der Waals surface area contributed by atoms with E-state index in [4.69, 9.17) is 0 Å². The average molecular weight is 122 g/mol. The normalized spacial score (nSPS) is 27.2. The first-order valence-electron chi connectivity index (χ1n) is 3.61. The van der Waals surface area contributed by atoms with Gasteiger partial charge in [-0.2, -0.15) is 0 Å². The molecule has 0 aromatic rings. The summed E-state index contributed by atoms with van der Waals surface area (Å²) in [5.74, 6) is 0.759. The lowest BCUT2D eigenvalue weighted by atomic mass is 9.90. The Morgan fingerprint density at radius 1 is 1.78 bits per heavy atom. The van der Waals surface area contributed by atoms with Crippen LogP contribution in [0.1, 0.15) is 26.2 Å². The fraction of sp³-hybridized carbons (Fsp3) is 0.556. The third-order valence-electron chi connectivity index (χ3n) is 1.95. The highest BCUT2D eigenvalue weighted by Crippen LogP contribution is 2.23. The van der Waals surface area contributed by atoms with E-state index in [-0.39, 0.29) is 0 Å². The van der Waals surface area contributed by atoms with Crippen molar-refractivity contribution in [3.8, 4) is 0 Å². The van der Waals surface area contributed by atoms with Crippen LogP contribution in [0, 0.1) is 5.92 Å². The molecule has 1 aliphatic rings. The Hall–Kier alpha value is -0.520. The van der Waals surface area contributed by atoms with Crippen LogP contribution in [0.15, 0.2) is 24.3 Å². The number of allylic oxidation sites excluding steroid dienone is 3. The van der Waals surface area contributed by atoms with Crippen LogP contribution >= 0.6 is 0 Å². The van der Waals surface area contributed by atoms with Crippen molar-refractivity contribution in [2.75, 3.05) is 0 Å². The van der Waals surface area contributed by atoms with E-state index in [2.05, 4.69) is 25.7 Å². The molecule has 1 unspecified atom stereocenters. The molecular formula is C9H14. The Balaban J connectivity index is 2.48. The van der Waals surface area contributed by atoms with Crippen molar-refractivity contribution in [1.29, 1.82) is 0 Å². The Morgan fingerprint density at radius 3 is 3.00 bits per heavy atom. The van der Waals surface area contributed by atoms with Crippen LogP contribution in [0.3, 0.4) is 0 Å².